The van der Waals surface area contributed by atoms with Gasteiger partial charge in [-0.3, -0.25) is 4.79 Å². The van der Waals surface area contributed by atoms with Gasteiger partial charge in [0, 0.05) is 13.0 Å². The molecule has 1 aromatic heterocycles. The third-order valence-corrected chi connectivity index (χ3v) is 4.84. The van der Waals surface area contributed by atoms with Crippen LogP contribution < -0.4 is 5.32 Å². The van der Waals surface area contributed by atoms with Crippen LogP contribution in [0, 0.1) is 0 Å². The lowest BCUT2D eigenvalue weighted by Gasteiger charge is -2.13. The zero-order chi connectivity index (χ0) is 15.5. The van der Waals surface area contributed by atoms with Gasteiger partial charge in [0.25, 0.3) is 0 Å². The predicted molar refractivity (Wildman–Crippen MR) is 86.7 cm³/mol. The molecule has 1 fully saturated rings. The molecule has 1 unspecified atom stereocenters. The van der Waals surface area contributed by atoms with Gasteiger partial charge in [0.2, 0.25) is 5.91 Å². The Kier molecular flexibility index (Phi) is 4.47. The second-order valence-electron chi connectivity index (χ2n) is 5.66. The summed E-state index contributed by atoms with van der Waals surface area (Å²) in [7, 11) is 1.97. The normalized spacial score (nSPS) is 15.5. The highest BCUT2D eigenvalue weighted by molar-refractivity contribution is 7.99. The van der Waals surface area contributed by atoms with E-state index in [0.717, 1.165) is 16.5 Å². The van der Waals surface area contributed by atoms with Crippen molar-refractivity contribution in [1.82, 2.24) is 20.1 Å². The summed E-state index contributed by atoms with van der Waals surface area (Å²) in [6.07, 6.45) is 2.40. The number of thioether (sulfide) groups is 1. The number of rotatable bonds is 6. The van der Waals surface area contributed by atoms with Crippen LogP contribution >= 0.6 is 11.8 Å². The zero-order valence-electron chi connectivity index (χ0n) is 12.8. The molecule has 0 bridgehead atoms. The molecule has 6 heteroatoms. The van der Waals surface area contributed by atoms with Crippen LogP contribution in [-0.2, 0) is 11.8 Å². The largest absolute Gasteiger partial charge is 0.349 e. The van der Waals surface area contributed by atoms with E-state index < -0.39 is 0 Å². The third kappa shape index (κ3) is 3.50. The Hall–Kier alpha value is -1.82. The summed E-state index contributed by atoms with van der Waals surface area (Å²) in [6.45, 7) is 1.99. The molecule has 1 aliphatic carbocycles. The van der Waals surface area contributed by atoms with Gasteiger partial charge >= 0.3 is 0 Å². The summed E-state index contributed by atoms with van der Waals surface area (Å²) in [4.78, 5) is 12.1. The Morgan fingerprint density at radius 2 is 2.09 bits per heavy atom. The first-order valence-corrected chi connectivity index (χ1v) is 8.50. The lowest BCUT2D eigenvalue weighted by atomic mass is 10.1. The number of benzene rings is 1. The van der Waals surface area contributed by atoms with Crippen LogP contribution in [0.3, 0.4) is 0 Å². The number of amides is 1. The van der Waals surface area contributed by atoms with E-state index in [1.165, 1.54) is 24.6 Å². The maximum atomic E-state index is 12.1. The Morgan fingerprint density at radius 1 is 1.36 bits per heavy atom. The summed E-state index contributed by atoms with van der Waals surface area (Å²) in [5, 5.41) is 12.2. The van der Waals surface area contributed by atoms with Crippen molar-refractivity contribution in [1.29, 1.82) is 0 Å². The molecule has 0 aliphatic heterocycles. The van der Waals surface area contributed by atoms with E-state index in [2.05, 4.69) is 15.5 Å². The van der Waals surface area contributed by atoms with Gasteiger partial charge in [-0.05, 0) is 25.3 Å². The maximum absolute atomic E-state index is 12.1. The third-order valence-electron chi connectivity index (χ3n) is 3.82. The fourth-order valence-electron chi connectivity index (χ4n) is 2.39. The SMILES string of the molecule is CC(NC(=O)CSc1nnc(C2CC2)n1C)c1ccccc1. The minimum atomic E-state index is 0.0100. The van der Waals surface area contributed by atoms with Crippen LogP contribution in [0.25, 0.3) is 0 Å². The predicted octanol–water partition coefficient (Wildman–Crippen LogP) is 2.66. The van der Waals surface area contributed by atoms with Crippen molar-refractivity contribution in [3.05, 3.63) is 41.7 Å². The highest BCUT2D eigenvalue weighted by atomic mass is 32.2. The monoisotopic (exact) mass is 316 g/mol. The number of hydrogen-bond donors (Lipinski definition) is 1. The molecular formula is C16H20N4OS. The zero-order valence-corrected chi connectivity index (χ0v) is 13.6. The summed E-state index contributed by atoms with van der Waals surface area (Å²) in [6, 6.07) is 9.97. The maximum Gasteiger partial charge on any atom is 0.230 e. The van der Waals surface area contributed by atoms with Crippen LogP contribution in [0.4, 0.5) is 0 Å². The molecule has 116 valence electrons. The number of hydrogen-bond acceptors (Lipinski definition) is 4. The second-order valence-corrected chi connectivity index (χ2v) is 6.61. The van der Waals surface area contributed by atoms with Crippen molar-refractivity contribution in [3.63, 3.8) is 0 Å². The molecule has 1 aliphatic rings. The minimum absolute atomic E-state index is 0.0100. The first-order valence-electron chi connectivity index (χ1n) is 7.51. The first kappa shape index (κ1) is 15.1. The summed E-state index contributed by atoms with van der Waals surface area (Å²) >= 11 is 1.44. The Balaban J connectivity index is 1.52. The molecule has 1 aromatic carbocycles. The smallest absolute Gasteiger partial charge is 0.230 e. The Morgan fingerprint density at radius 3 is 2.77 bits per heavy atom. The van der Waals surface area contributed by atoms with Gasteiger partial charge in [-0.1, -0.05) is 42.1 Å². The molecule has 1 atom stereocenters. The molecule has 1 amide bonds. The van der Waals surface area contributed by atoms with Gasteiger partial charge in [-0.15, -0.1) is 10.2 Å². The molecule has 0 spiro atoms. The second kappa shape index (κ2) is 6.52. The fourth-order valence-corrected chi connectivity index (χ4v) is 3.12. The number of aromatic nitrogens is 3. The molecule has 0 radical (unpaired) electrons. The quantitative estimate of drug-likeness (QED) is 0.832. The standard InChI is InChI=1S/C16H20N4OS/c1-11(12-6-4-3-5-7-12)17-14(21)10-22-16-19-18-15(20(16)2)13-8-9-13/h3-7,11,13H,8-10H2,1-2H3,(H,17,21). The Labute approximate surface area is 134 Å². The molecule has 22 heavy (non-hydrogen) atoms. The van der Waals surface area contributed by atoms with Crippen molar-refractivity contribution >= 4 is 17.7 Å². The molecular weight excluding hydrogens is 296 g/mol. The van der Waals surface area contributed by atoms with Crippen LogP contribution in [-0.4, -0.2) is 26.4 Å². The summed E-state index contributed by atoms with van der Waals surface area (Å²) in [5.74, 6) is 1.98. The van der Waals surface area contributed by atoms with Gasteiger partial charge < -0.3 is 9.88 Å². The van der Waals surface area contributed by atoms with E-state index in [0.29, 0.717) is 11.7 Å². The highest BCUT2D eigenvalue weighted by Gasteiger charge is 2.29. The van der Waals surface area contributed by atoms with E-state index in [9.17, 15) is 4.79 Å². The first-order chi connectivity index (χ1) is 10.6. The topological polar surface area (TPSA) is 59.8 Å². The molecule has 3 rings (SSSR count). The van der Waals surface area contributed by atoms with E-state index in [1.807, 2.05) is 48.9 Å². The number of nitrogens with zero attached hydrogens (tertiary/aromatic N) is 3. The average Bonchev–Trinajstić information content (AvgIpc) is 3.30. The van der Waals surface area contributed by atoms with Gasteiger partial charge in [-0.2, -0.15) is 0 Å². The van der Waals surface area contributed by atoms with Gasteiger partial charge in [0.05, 0.1) is 11.8 Å². The average molecular weight is 316 g/mol. The van der Waals surface area contributed by atoms with E-state index in [-0.39, 0.29) is 11.9 Å². The van der Waals surface area contributed by atoms with Gasteiger partial charge in [-0.25, -0.2) is 0 Å². The van der Waals surface area contributed by atoms with E-state index in [4.69, 9.17) is 0 Å². The van der Waals surface area contributed by atoms with Crippen LogP contribution in [0.15, 0.2) is 35.5 Å². The molecule has 1 saturated carbocycles. The molecule has 5 nitrogen and oxygen atoms in total. The molecule has 1 heterocycles. The summed E-state index contributed by atoms with van der Waals surface area (Å²) in [5.41, 5.74) is 1.11. The molecule has 1 N–H and O–H groups in total. The lowest BCUT2D eigenvalue weighted by molar-refractivity contribution is -0.119. The molecule has 2 aromatic rings. The lowest BCUT2D eigenvalue weighted by Crippen LogP contribution is -2.28. The van der Waals surface area contributed by atoms with Gasteiger partial charge in [0.15, 0.2) is 5.16 Å². The number of carbonyl (C=O) groups is 1. The minimum Gasteiger partial charge on any atom is -0.349 e. The van der Waals surface area contributed by atoms with Crippen molar-refractivity contribution in [3.8, 4) is 0 Å². The highest BCUT2D eigenvalue weighted by Crippen LogP contribution is 2.39. The van der Waals surface area contributed by atoms with Crippen molar-refractivity contribution in [2.45, 2.75) is 36.9 Å². The van der Waals surface area contributed by atoms with Crippen LogP contribution in [0.2, 0.25) is 0 Å². The number of nitrogens with one attached hydrogen (secondary N) is 1. The van der Waals surface area contributed by atoms with Crippen LogP contribution in [0.1, 0.15) is 43.1 Å². The Bertz CT molecular complexity index is 651. The van der Waals surface area contributed by atoms with Gasteiger partial charge in [0.1, 0.15) is 5.82 Å². The molecule has 0 saturated heterocycles. The van der Waals surface area contributed by atoms with Crippen molar-refractivity contribution in [2.24, 2.45) is 7.05 Å². The fraction of sp³-hybridized carbons (Fsp3) is 0.438. The number of carbonyl (C=O) groups excluding carboxylic acids is 1. The van der Waals surface area contributed by atoms with E-state index >= 15 is 0 Å². The van der Waals surface area contributed by atoms with Crippen molar-refractivity contribution in [2.75, 3.05) is 5.75 Å². The van der Waals surface area contributed by atoms with E-state index in [1.54, 1.807) is 0 Å². The van der Waals surface area contributed by atoms with Crippen LogP contribution in [0.5, 0.6) is 0 Å². The summed E-state index contributed by atoms with van der Waals surface area (Å²) < 4.78 is 2.01. The van der Waals surface area contributed by atoms with Crippen molar-refractivity contribution < 1.29 is 4.79 Å².